The lowest BCUT2D eigenvalue weighted by molar-refractivity contribution is -0.396. The van der Waals surface area contributed by atoms with Gasteiger partial charge in [-0.25, -0.2) is 0 Å². The Balaban J connectivity index is 0.865. The molecule has 31 atom stereocenters. The van der Waals surface area contributed by atoms with E-state index in [2.05, 4.69) is 38.7 Å². The Hall–Kier alpha value is -1.10. The standard InChI is InChI=1S/C51H83NO20/c1-20-6-9-28-21(2)33-29(52(28)16-20)15-27-25-8-7-23-14-24(10-12-50(23,4)26(25)11-13-51(27,33)5)66-49-45(72-46-39(61)37(59)34(56)22(3)65-46)41(63)43(32(19-55)69-49)70-48-42(64)44(36(58)31(18-54)68-48)71-47-40(62)38(60)35(57)30(17-53)67-47/h7,20-22,24-49,53-64H,6,8-19H2,1-5H3/t20-,21+,22-,24-,25+,26-,27-,28+,29-,30+,31+,32+,33-,34-,35+,36+,37+,38-,39+,40+,41-,42+,43+,44-,45+,46-,47-,48-,49+,50-,51-/m0/s1. The second kappa shape index (κ2) is 20.9. The van der Waals surface area contributed by atoms with Crippen LogP contribution in [-0.2, 0) is 37.9 Å². The summed E-state index contributed by atoms with van der Waals surface area (Å²) < 4.78 is 48.3. The summed E-state index contributed by atoms with van der Waals surface area (Å²) in [4.78, 5) is 2.92. The molecule has 0 aromatic heterocycles. The van der Waals surface area contributed by atoms with Crippen LogP contribution in [0.2, 0.25) is 0 Å². The minimum Gasteiger partial charge on any atom is -0.394 e. The average Bonchev–Trinajstić information content (AvgIpc) is 3.83. The highest BCUT2D eigenvalue weighted by Crippen LogP contribution is 2.70. The first-order valence-corrected chi connectivity index (χ1v) is 26.9. The summed E-state index contributed by atoms with van der Waals surface area (Å²) in [7, 11) is 0. The maximum atomic E-state index is 12.3. The van der Waals surface area contributed by atoms with E-state index < -0.39 is 149 Å². The Bertz CT molecular complexity index is 1900. The van der Waals surface area contributed by atoms with Crippen molar-refractivity contribution in [1.29, 1.82) is 0 Å². The van der Waals surface area contributed by atoms with Crippen molar-refractivity contribution in [2.75, 3.05) is 26.4 Å². The van der Waals surface area contributed by atoms with Crippen LogP contribution in [-0.4, -0.2) is 234 Å². The third kappa shape index (κ3) is 9.09. The number of nitrogens with zero attached hydrogens (tertiary/aromatic N) is 1. The number of ether oxygens (including phenoxy) is 8. The van der Waals surface area contributed by atoms with E-state index >= 15 is 0 Å². The second-order valence-corrected chi connectivity index (χ2v) is 24.0. The Morgan fingerprint density at radius 1 is 0.569 bits per heavy atom. The van der Waals surface area contributed by atoms with Crippen molar-refractivity contribution in [2.24, 2.45) is 46.3 Å². The Morgan fingerprint density at radius 2 is 1.18 bits per heavy atom. The molecule has 412 valence electrons. The molecule has 0 spiro atoms. The lowest BCUT2D eigenvalue weighted by atomic mass is 9.47. The van der Waals surface area contributed by atoms with E-state index in [0.717, 1.165) is 24.7 Å². The molecule has 3 saturated carbocycles. The Kier molecular flexibility index (Phi) is 15.8. The van der Waals surface area contributed by atoms with E-state index in [9.17, 15) is 61.3 Å². The van der Waals surface area contributed by atoms with Gasteiger partial charge in [-0.05, 0) is 111 Å². The average molecular weight is 1030 g/mol. The van der Waals surface area contributed by atoms with E-state index in [1.165, 1.54) is 51.1 Å². The molecule has 4 aliphatic carbocycles. The molecule has 6 heterocycles. The van der Waals surface area contributed by atoms with Gasteiger partial charge in [-0.1, -0.05) is 39.3 Å². The van der Waals surface area contributed by atoms with Crippen molar-refractivity contribution in [2.45, 2.75) is 233 Å². The quantitative estimate of drug-likeness (QED) is 0.0995. The van der Waals surface area contributed by atoms with E-state index in [0.29, 0.717) is 54.0 Å². The van der Waals surface area contributed by atoms with Crippen LogP contribution in [0, 0.1) is 46.3 Å². The van der Waals surface area contributed by atoms with Crippen molar-refractivity contribution in [3.05, 3.63) is 11.6 Å². The highest BCUT2D eigenvalue weighted by Gasteiger charge is 2.67. The van der Waals surface area contributed by atoms with Crippen LogP contribution in [0.25, 0.3) is 0 Å². The summed E-state index contributed by atoms with van der Waals surface area (Å²) in [5, 5.41) is 130. The minimum atomic E-state index is -1.99. The van der Waals surface area contributed by atoms with Crippen molar-refractivity contribution >= 4 is 0 Å². The van der Waals surface area contributed by atoms with Gasteiger partial charge in [0.25, 0.3) is 0 Å². The minimum absolute atomic E-state index is 0.0383. The molecule has 0 bridgehead atoms. The van der Waals surface area contributed by atoms with Gasteiger partial charge in [0.2, 0.25) is 0 Å². The molecule has 0 amide bonds. The van der Waals surface area contributed by atoms with Gasteiger partial charge in [-0.2, -0.15) is 0 Å². The third-order valence-corrected chi connectivity index (χ3v) is 20.1. The van der Waals surface area contributed by atoms with E-state index in [-0.39, 0.29) is 5.41 Å². The summed E-state index contributed by atoms with van der Waals surface area (Å²) in [6, 6.07) is 1.37. The zero-order chi connectivity index (χ0) is 51.5. The van der Waals surface area contributed by atoms with E-state index in [1.807, 2.05) is 0 Å². The number of rotatable bonds is 11. The molecule has 0 radical (unpaired) electrons. The first kappa shape index (κ1) is 54.3. The molecule has 21 nitrogen and oxygen atoms in total. The fourth-order valence-corrected chi connectivity index (χ4v) is 16.2. The van der Waals surface area contributed by atoms with Crippen LogP contribution in [0.15, 0.2) is 11.6 Å². The molecule has 0 aromatic rings. The summed E-state index contributed by atoms with van der Waals surface area (Å²) in [6.45, 7) is 10.3. The Labute approximate surface area is 420 Å². The number of aliphatic hydroxyl groups is 12. The van der Waals surface area contributed by atoms with Gasteiger partial charge in [0.05, 0.1) is 32.0 Å². The van der Waals surface area contributed by atoms with Crippen molar-refractivity contribution < 1.29 is 99.2 Å². The van der Waals surface area contributed by atoms with Crippen LogP contribution in [0.1, 0.15) is 92.4 Å². The van der Waals surface area contributed by atoms with E-state index in [1.54, 1.807) is 0 Å². The monoisotopic (exact) mass is 1030 g/mol. The fraction of sp³-hybridized carbons (Fsp3) is 0.961. The molecule has 0 unspecified atom stereocenters. The molecule has 6 aliphatic heterocycles. The highest BCUT2D eigenvalue weighted by molar-refractivity contribution is 5.27. The number of allylic oxidation sites excluding steroid dienone is 1. The number of aliphatic hydroxyl groups excluding tert-OH is 12. The molecular formula is C51H83NO20. The molecule has 10 rings (SSSR count). The van der Waals surface area contributed by atoms with E-state index in [4.69, 9.17) is 37.9 Å². The molecule has 72 heavy (non-hydrogen) atoms. The second-order valence-electron chi connectivity index (χ2n) is 24.0. The van der Waals surface area contributed by atoms with Crippen LogP contribution in [0.3, 0.4) is 0 Å². The van der Waals surface area contributed by atoms with Gasteiger partial charge in [-0.3, -0.25) is 4.90 Å². The zero-order valence-electron chi connectivity index (χ0n) is 42.1. The smallest absolute Gasteiger partial charge is 0.187 e. The van der Waals surface area contributed by atoms with Crippen LogP contribution >= 0.6 is 0 Å². The normalized spacial score (nSPS) is 56.8. The topological polar surface area (TPSA) is 320 Å². The maximum absolute atomic E-state index is 12.3. The van der Waals surface area contributed by atoms with Crippen LogP contribution in [0.5, 0.6) is 0 Å². The molecule has 10 aliphatic rings. The summed E-state index contributed by atoms with van der Waals surface area (Å²) in [5.74, 6) is 3.97. The summed E-state index contributed by atoms with van der Waals surface area (Å²) in [6.07, 6.45) is -21.7. The number of hydrogen-bond acceptors (Lipinski definition) is 21. The zero-order valence-corrected chi connectivity index (χ0v) is 42.1. The fourth-order valence-electron chi connectivity index (χ4n) is 16.2. The molecule has 12 N–H and O–H groups in total. The van der Waals surface area contributed by atoms with Gasteiger partial charge in [-0.15, -0.1) is 0 Å². The Morgan fingerprint density at radius 3 is 1.88 bits per heavy atom. The number of piperidine rings is 1. The van der Waals surface area contributed by atoms with Crippen LogP contribution < -0.4 is 0 Å². The van der Waals surface area contributed by atoms with Gasteiger partial charge < -0.3 is 99.2 Å². The predicted octanol–water partition coefficient (Wildman–Crippen LogP) is -2.02. The van der Waals surface area contributed by atoms with Gasteiger partial charge in [0, 0.05) is 18.6 Å². The number of fused-ring (bicyclic) bond motifs is 9. The van der Waals surface area contributed by atoms with Gasteiger partial charge in [0.15, 0.2) is 25.2 Å². The highest BCUT2D eigenvalue weighted by atomic mass is 16.8. The maximum Gasteiger partial charge on any atom is 0.187 e. The van der Waals surface area contributed by atoms with Crippen molar-refractivity contribution in [3.8, 4) is 0 Å². The molecule has 6 saturated heterocycles. The van der Waals surface area contributed by atoms with Gasteiger partial charge >= 0.3 is 0 Å². The van der Waals surface area contributed by atoms with Crippen molar-refractivity contribution in [3.63, 3.8) is 0 Å². The molecule has 9 fully saturated rings. The summed E-state index contributed by atoms with van der Waals surface area (Å²) in [5.41, 5.74) is 1.61. The van der Waals surface area contributed by atoms with Gasteiger partial charge in [0.1, 0.15) is 91.6 Å². The number of hydrogen-bond donors (Lipinski definition) is 12. The first-order valence-electron chi connectivity index (χ1n) is 26.9. The predicted molar refractivity (Wildman–Crippen MR) is 248 cm³/mol. The lowest BCUT2D eigenvalue weighted by Gasteiger charge is -2.58. The summed E-state index contributed by atoms with van der Waals surface area (Å²) >= 11 is 0. The largest absolute Gasteiger partial charge is 0.394 e. The lowest BCUT2D eigenvalue weighted by Crippen LogP contribution is -2.68. The molecule has 21 heteroatoms. The SMILES string of the molecule is C[C@H]1CC[C@@H]2[C@@H](C)[C@H]3[C@H](C[C@H]4[C@@H]5CC=C6C[C@@H](O[C@@H]7O[C@H](CO)[C@@H](O[C@@H]8O[C@H](CO)[C@@H](O)[C@H](O[C@@H]9O[C@H](CO)[C@@H](O)[C@H](O)[C@H]9O)[C@H]8O)[C@H](O)[C@H]7O[C@@H]7O[C@@H](C)[C@H](O)[C@@H](O)[C@H]7O)CC[C@]6(C)[C@H]5CC[C@]34C)N2C1. The van der Waals surface area contributed by atoms with Crippen LogP contribution in [0.4, 0.5) is 0 Å². The molecular weight excluding hydrogens is 947 g/mol. The molecule has 0 aromatic carbocycles. The van der Waals surface area contributed by atoms with Crippen molar-refractivity contribution in [1.82, 2.24) is 4.90 Å². The third-order valence-electron chi connectivity index (χ3n) is 20.1. The first-order chi connectivity index (χ1) is 34.2.